The van der Waals surface area contributed by atoms with Crippen LogP contribution >= 0.6 is 11.6 Å². The summed E-state index contributed by atoms with van der Waals surface area (Å²) in [5, 5.41) is -0.0486. The minimum Gasteiger partial charge on any atom is -0.462 e. The summed E-state index contributed by atoms with van der Waals surface area (Å²) in [4.78, 5) is 14.8. The van der Waals surface area contributed by atoms with E-state index in [4.69, 9.17) is 16.3 Å². The second kappa shape index (κ2) is 4.91. The molecular weight excluding hydrogens is 209 g/mol. The van der Waals surface area contributed by atoms with Crippen LogP contribution in [0, 0.1) is 5.82 Å². The highest BCUT2D eigenvalue weighted by molar-refractivity contribution is 6.32. The number of hydrogen-bond donors (Lipinski definition) is 0. The lowest BCUT2D eigenvalue weighted by Crippen LogP contribution is -2.07. The Bertz CT molecular complexity index is 344. The second-order valence-corrected chi connectivity index (χ2v) is 2.99. The highest BCUT2D eigenvalue weighted by Crippen LogP contribution is 2.14. The number of aromatic nitrogens is 1. The Morgan fingerprint density at radius 2 is 2.43 bits per heavy atom. The molecular formula is C9H9ClFNO2. The molecule has 1 heterocycles. The van der Waals surface area contributed by atoms with Gasteiger partial charge in [-0.1, -0.05) is 18.5 Å². The molecule has 0 saturated carbocycles. The maximum Gasteiger partial charge on any atom is 0.341 e. The van der Waals surface area contributed by atoms with Crippen LogP contribution in [0.2, 0.25) is 5.15 Å². The Hall–Kier alpha value is -1.16. The van der Waals surface area contributed by atoms with Gasteiger partial charge in [0.2, 0.25) is 0 Å². The Kier molecular flexibility index (Phi) is 3.83. The van der Waals surface area contributed by atoms with Gasteiger partial charge in [0.05, 0.1) is 18.4 Å². The van der Waals surface area contributed by atoms with E-state index in [-0.39, 0.29) is 17.3 Å². The number of rotatable bonds is 3. The molecule has 0 aliphatic carbocycles. The van der Waals surface area contributed by atoms with Crippen molar-refractivity contribution in [3.8, 4) is 0 Å². The van der Waals surface area contributed by atoms with Gasteiger partial charge in [-0.2, -0.15) is 0 Å². The average molecular weight is 218 g/mol. The summed E-state index contributed by atoms with van der Waals surface area (Å²) < 4.78 is 17.5. The molecule has 0 spiro atoms. The van der Waals surface area contributed by atoms with Gasteiger partial charge in [-0.05, 0) is 12.5 Å². The van der Waals surface area contributed by atoms with Gasteiger partial charge in [0.1, 0.15) is 11.0 Å². The highest BCUT2D eigenvalue weighted by atomic mass is 35.5. The average Bonchev–Trinajstić information content (AvgIpc) is 2.18. The van der Waals surface area contributed by atoms with Crippen molar-refractivity contribution in [3.05, 3.63) is 28.8 Å². The summed E-state index contributed by atoms with van der Waals surface area (Å²) in [7, 11) is 0. The quantitative estimate of drug-likeness (QED) is 0.577. The van der Waals surface area contributed by atoms with Gasteiger partial charge in [0.15, 0.2) is 0 Å². The van der Waals surface area contributed by atoms with Gasteiger partial charge in [0, 0.05) is 0 Å². The Labute approximate surface area is 85.9 Å². The largest absolute Gasteiger partial charge is 0.462 e. The fourth-order valence-corrected chi connectivity index (χ4v) is 1.02. The van der Waals surface area contributed by atoms with Gasteiger partial charge in [-0.3, -0.25) is 0 Å². The zero-order valence-electron chi connectivity index (χ0n) is 7.59. The van der Waals surface area contributed by atoms with Crippen molar-refractivity contribution in [2.75, 3.05) is 6.61 Å². The topological polar surface area (TPSA) is 39.2 Å². The van der Waals surface area contributed by atoms with Crippen LogP contribution in [0.15, 0.2) is 12.3 Å². The van der Waals surface area contributed by atoms with Gasteiger partial charge in [0.25, 0.3) is 0 Å². The first kappa shape index (κ1) is 10.9. The molecule has 0 aliphatic rings. The summed E-state index contributed by atoms with van der Waals surface area (Å²) in [6.07, 6.45) is 1.64. The molecule has 3 nitrogen and oxygen atoms in total. The third-order valence-corrected chi connectivity index (χ3v) is 1.76. The number of carbonyl (C=O) groups excluding carboxylic acids is 1. The Balaban J connectivity index is 2.83. The second-order valence-electron chi connectivity index (χ2n) is 2.63. The van der Waals surface area contributed by atoms with Crippen molar-refractivity contribution in [1.29, 1.82) is 0 Å². The van der Waals surface area contributed by atoms with E-state index in [1.807, 2.05) is 6.92 Å². The van der Waals surface area contributed by atoms with Crippen LogP contribution in [0.4, 0.5) is 4.39 Å². The molecule has 0 aliphatic heterocycles. The smallest absolute Gasteiger partial charge is 0.341 e. The van der Waals surface area contributed by atoms with E-state index in [0.717, 1.165) is 12.3 Å². The molecule has 1 rings (SSSR count). The zero-order chi connectivity index (χ0) is 10.6. The third kappa shape index (κ3) is 2.67. The van der Waals surface area contributed by atoms with E-state index < -0.39 is 11.8 Å². The predicted molar refractivity (Wildman–Crippen MR) is 49.8 cm³/mol. The molecule has 0 fully saturated rings. The lowest BCUT2D eigenvalue weighted by Gasteiger charge is -2.03. The van der Waals surface area contributed by atoms with Crippen LogP contribution in [0.1, 0.15) is 23.7 Å². The lowest BCUT2D eigenvalue weighted by molar-refractivity contribution is 0.0504. The van der Waals surface area contributed by atoms with Crippen molar-refractivity contribution in [2.24, 2.45) is 0 Å². The predicted octanol–water partition coefficient (Wildman–Crippen LogP) is 2.44. The maximum absolute atomic E-state index is 12.7. The third-order valence-electron chi connectivity index (χ3n) is 1.46. The van der Waals surface area contributed by atoms with Gasteiger partial charge >= 0.3 is 5.97 Å². The van der Waals surface area contributed by atoms with E-state index in [1.54, 1.807) is 0 Å². The van der Waals surface area contributed by atoms with Crippen LogP contribution in [0.5, 0.6) is 0 Å². The number of esters is 1. The summed E-state index contributed by atoms with van der Waals surface area (Å²) in [6.45, 7) is 2.14. The first-order valence-corrected chi connectivity index (χ1v) is 4.51. The van der Waals surface area contributed by atoms with Crippen molar-refractivity contribution >= 4 is 17.6 Å². The molecule has 0 aromatic carbocycles. The van der Waals surface area contributed by atoms with E-state index >= 15 is 0 Å². The standard InChI is InChI=1S/C9H9ClFNO2/c1-2-3-14-9(13)7-4-6(11)5-12-8(7)10/h4-5H,2-3H2,1H3. The molecule has 1 aromatic rings. The molecule has 0 amide bonds. The summed E-state index contributed by atoms with van der Waals surface area (Å²) in [6, 6.07) is 1.01. The fraction of sp³-hybridized carbons (Fsp3) is 0.333. The molecule has 1 aromatic heterocycles. The van der Waals surface area contributed by atoms with Crippen LogP contribution in [-0.2, 0) is 4.74 Å². The molecule has 0 atom stereocenters. The molecule has 0 N–H and O–H groups in total. The highest BCUT2D eigenvalue weighted by Gasteiger charge is 2.13. The van der Waals surface area contributed by atoms with Gasteiger partial charge < -0.3 is 4.74 Å². The minimum absolute atomic E-state index is 0.0416. The van der Waals surface area contributed by atoms with Crippen LogP contribution in [0.3, 0.4) is 0 Å². The molecule has 0 saturated heterocycles. The summed E-state index contributed by atoms with van der Waals surface area (Å²) in [5.41, 5.74) is -0.0416. The zero-order valence-corrected chi connectivity index (χ0v) is 8.34. The number of hydrogen-bond acceptors (Lipinski definition) is 3. The number of carbonyl (C=O) groups is 1. The maximum atomic E-state index is 12.7. The van der Waals surface area contributed by atoms with E-state index in [9.17, 15) is 9.18 Å². The van der Waals surface area contributed by atoms with Gasteiger partial charge in [-0.15, -0.1) is 0 Å². The fourth-order valence-electron chi connectivity index (χ4n) is 0.838. The Morgan fingerprint density at radius 3 is 3.07 bits per heavy atom. The first-order chi connectivity index (χ1) is 6.65. The molecule has 0 unspecified atom stereocenters. The monoisotopic (exact) mass is 217 g/mol. The van der Waals surface area contributed by atoms with Crippen LogP contribution in [-0.4, -0.2) is 17.6 Å². The molecule has 0 bridgehead atoms. The molecule has 5 heteroatoms. The Morgan fingerprint density at radius 1 is 1.71 bits per heavy atom. The minimum atomic E-state index is -0.649. The van der Waals surface area contributed by atoms with Crippen molar-refractivity contribution in [3.63, 3.8) is 0 Å². The number of ether oxygens (including phenoxy) is 1. The van der Waals surface area contributed by atoms with E-state index in [0.29, 0.717) is 6.42 Å². The van der Waals surface area contributed by atoms with E-state index in [2.05, 4.69) is 4.98 Å². The first-order valence-electron chi connectivity index (χ1n) is 4.13. The number of nitrogens with zero attached hydrogens (tertiary/aromatic N) is 1. The molecule has 14 heavy (non-hydrogen) atoms. The van der Waals surface area contributed by atoms with Crippen LogP contribution < -0.4 is 0 Å². The van der Waals surface area contributed by atoms with Crippen LogP contribution in [0.25, 0.3) is 0 Å². The normalized spacial score (nSPS) is 9.93. The molecule has 76 valence electrons. The van der Waals surface area contributed by atoms with Gasteiger partial charge in [-0.25, -0.2) is 14.2 Å². The summed E-state index contributed by atoms with van der Waals surface area (Å²) >= 11 is 5.59. The summed E-state index contributed by atoms with van der Waals surface area (Å²) in [5.74, 6) is -1.26. The van der Waals surface area contributed by atoms with Crippen molar-refractivity contribution in [1.82, 2.24) is 4.98 Å². The molecule has 0 radical (unpaired) electrons. The number of halogens is 2. The van der Waals surface area contributed by atoms with Crippen molar-refractivity contribution < 1.29 is 13.9 Å². The van der Waals surface area contributed by atoms with E-state index in [1.165, 1.54) is 0 Å². The number of pyridine rings is 1. The lowest BCUT2D eigenvalue weighted by atomic mass is 10.3. The SMILES string of the molecule is CCCOC(=O)c1cc(F)cnc1Cl. The van der Waals surface area contributed by atoms with Crippen molar-refractivity contribution in [2.45, 2.75) is 13.3 Å².